The highest BCUT2D eigenvalue weighted by Crippen LogP contribution is 2.42. The largest absolute Gasteiger partial charge is 0.495 e. The highest BCUT2D eigenvalue weighted by molar-refractivity contribution is 9.10. The molecule has 0 radical (unpaired) electrons. The zero-order valence-electron chi connectivity index (χ0n) is 12.2. The Labute approximate surface area is 128 Å². The van der Waals surface area contributed by atoms with Gasteiger partial charge >= 0.3 is 0 Å². The summed E-state index contributed by atoms with van der Waals surface area (Å²) in [6.07, 6.45) is 2.28. The molecule has 1 heterocycles. The fourth-order valence-corrected chi connectivity index (χ4v) is 3.52. The minimum absolute atomic E-state index is 0.215. The van der Waals surface area contributed by atoms with Crippen LogP contribution in [-0.4, -0.2) is 34.5 Å². The minimum Gasteiger partial charge on any atom is -0.495 e. The van der Waals surface area contributed by atoms with Gasteiger partial charge < -0.3 is 19.5 Å². The molecule has 4 nitrogen and oxygen atoms in total. The Hall–Kier alpha value is -0.780. The number of ether oxygens (including phenoxy) is 3. The van der Waals surface area contributed by atoms with Gasteiger partial charge in [-0.2, -0.15) is 0 Å². The predicted molar refractivity (Wildman–Crippen MR) is 82.6 cm³/mol. The normalized spacial score (nSPS) is 20.5. The molecule has 0 amide bonds. The molecule has 1 aliphatic heterocycles. The number of halogens is 1. The molecular formula is C15H22BrNO3. The number of hydrogen-bond acceptors (Lipinski definition) is 4. The first-order valence-electron chi connectivity index (χ1n) is 6.88. The van der Waals surface area contributed by atoms with E-state index in [1.165, 1.54) is 0 Å². The average Bonchev–Trinajstić information content (AvgIpc) is 2.49. The number of rotatable bonds is 5. The van der Waals surface area contributed by atoms with Crippen molar-refractivity contribution in [3.63, 3.8) is 0 Å². The second-order valence-electron chi connectivity index (χ2n) is 4.95. The summed E-state index contributed by atoms with van der Waals surface area (Å²) in [6, 6.07) is 4.25. The summed E-state index contributed by atoms with van der Waals surface area (Å²) in [6.45, 7) is 1.66. The molecule has 0 spiro atoms. The quantitative estimate of drug-likeness (QED) is 0.891. The Bertz CT molecular complexity index is 447. The van der Waals surface area contributed by atoms with Gasteiger partial charge in [0.2, 0.25) is 0 Å². The lowest BCUT2D eigenvalue weighted by molar-refractivity contribution is 0.0398. The Morgan fingerprint density at radius 3 is 2.70 bits per heavy atom. The van der Waals surface area contributed by atoms with E-state index in [0.29, 0.717) is 5.92 Å². The third-order valence-corrected chi connectivity index (χ3v) is 4.58. The monoisotopic (exact) mass is 343 g/mol. The number of nitrogens with one attached hydrogen (secondary N) is 1. The molecule has 2 rings (SSSR count). The van der Waals surface area contributed by atoms with E-state index in [2.05, 4.69) is 27.3 Å². The van der Waals surface area contributed by atoms with Gasteiger partial charge in [-0.25, -0.2) is 0 Å². The molecule has 112 valence electrons. The number of methoxy groups -OCH3 is 2. The van der Waals surface area contributed by atoms with Crippen LogP contribution in [0.15, 0.2) is 16.6 Å². The van der Waals surface area contributed by atoms with E-state index in [1.807, 2.05) is 13.1 Å². The predicted octanol–water partition coefficient (Wildman–Crippen LogP) is 3.15. The molecule has 0 saturated carbocycles. The molecule has 1 aliphatic rings. The van der Waals surface area contributed by atoms with Crippen molar-refractivity contribution in [1.29, 1.82) is 0 Å². The van der Waals surface area contributed by atoms with Crippen LogP contribution in [0.3, 0.4) is 0 Å². The summed E-state index contributed by atoms with van der Waals surface area (Å²) < 4.78 is 17.4. The summed E-state index contributed by atoms with van der Waals surface area (Å²) in [5.74, 6) is 2.07. The number of hydrogen-bond donors (Lipinski definition) is 1. The summed E-state index contributed by atoms with van der Waals surface area (Å²) >= 11 is 3.56. The fourth-order valence-electron chi connectivity index (χ4n) is 2.84. The van der Waals surface area contributed by atoms with Crippen LogP contribution in [0.2, 0.25) is 0 Å². The Balaban J connectivity index is 2.35. The second-order valence-corrected chi connectivity index (χ2v) is 5.74. The Kier molecular flexibility index (Phi) is 5.69. The van der Waals surface area contributed by atoms with Gasteiger partial charge in [-0.15, -0.1) is 0 Å². The van der Waals surface area contributed by atoms with E-state index < -0.39 is 0 Å². The Morgan fingerprint density at radius 2 is 2.15 bits per heavy atom. The van der Waals surface area contributed by atoms with Crippen molar-refractivity contribution in [1.82, 2.24) is 5.32 Å². The van der Waals surface area contributed by atoms with Crippen LogP contribution in [0.5, 0.6) is 11.5 Å². The zero-order chi connectivity index (χ0) is 14.5. The van der Waals surface area contributed by atoms with E-state index >= 15 is 0 Å². The van der Waals surface area contributed by atoms with Crippen LogP contribution in [0.25, 0.3) is 0 Å². The molecule has 2 atom stereocenters. The first-order chi connectivity index (χ1) is 9.72. The fraction of sp³-hybridized carbons (Fsp3) is 0.600. The van der Waals surface area contributed by atoms with Gasteiger partial charge in [0.25, 0.3) is 0 Å². The first kappa shape index (κ1) is 15.6. The Morgan fingerprint density at radius 1 is 1.35 bits per heavy atom. The first-order valence-corrected chi connectivity index (χ1v) is 7.67. The summed E-state index contributed by atoms with van der Waals surface area (Å²) in [5.41, 5.74) is 1.14. The topological polar surface area (TPSA) is 39.7 Å². The average molecular weight is 344 g/mol. The van der Waals surface area contributed by atoms with Gasteiger partial charge in [-0.3, -0.25) is 0 Å². The SMILES string of the molecule is CNC(c1ccc(OC)c(Br)c1OC)C1CCCOC1. The van der Waals surface area contributed by atoms with Crippen LogP contribution < -0.4 is 14.8 Å². The second kappa shape index (κ2) is 7.29. The van der Waals surface area contributed by atoms with E-state index in [4.69, 9.17) is 14.2 Å². The van der Waals surface area contributed by atoms with Crippen molar-refractivity contribution in [3.05, 3.63) is 22.2 Å². The minimum atomic E-state index is 0.215. The van der Waals surface area contributed by atoms with Crippen molar-refractivity contribution in [2.24, 2.45) is 5.92 Å². The molecule has 0 aromatic heterocycles. The molecule has 1 aromatic carbocycles. The van der Waals surface area contributed by atoms with E-state index in [1.54, 1.807) is 14.2 Å². The molecule has 2 unspecified atom stereocenters. The molecule has 0 aliphatic carbocycles. The maximum atomic E-state index is 5.62. The molecule has 5 heteroatoms. The maximum absolute atomic E-state index is 5.62. The van der Waals surface area contributed by atoms with Crippen LogP contribution in [0, 0.1) is 5.92 Å². The molecule has 1 N–H and O–H groups in total. The van der Waals surface area contributed by atoms with Crippen LogP contribution in [0.4, 0.5) is 0 Å². The van der Waals surface area contributed by atoms with Gasteiger partial charge in [0, 0.05) is 24.1 Å². The van der Waals surface area contributed by atoms with Crippen molar-refractivity contribution >= 4 is 15.9 Å². The van der Waals surface area contributed by atoms with Crippen LogP contribution in [-0.2, 0) is 4.74 Å². The molecule has 0 bridgehead atoms. The zero-order valence-corrected chi connectivity index (χ0v) is 13.8. The summed E-state index contributed by atoms with van der Waals surface area (Å²) in [4.78, 5) is 0. The van der Waals surface area contributed by atoms with E-state index in [-0.39, 0.29) is 6.04 Å². The lowest BCUT2D eigenvalue weighted by Crippen LogP contribution is -2.31. The van der Waals surface area contributed by atoms with Crippen molar-refractivity contribution in [2.45, 2.75) is 18.9 Å². The van der Waals surface area contributed by atoms with Gasteiger partial charge in [0.15, 0.2) is 0 Å². The maximum Gasteiger partial charge on any atom is 0.141 e. The van der Waals surface area contributed by atoms with Gasteiger partial charge in [0.1, 0.15) is 16.0 Å². The lowest BCUT2D eigenvalue weighted by Gasteiger charge is -2.31. The van der Waals surface area contributed by atoms with Crippen LogP contribution in [0.1, 0.15) is 24.4 Å². The lowest BCUT2D eigenvalue weighted by atomic mass is 9.88. The van der Waals surface area contributed by atoms with Crippen LogP contribution >= 0.6 is 15.9 Å². The molecule has 1 fully saturated rings. The molecule has 1 aromatic rings. The van der Waals surface area contributed by atoms with Gasteiger partial charge in [-0.1, -0.05) is 0 Å². The van der Waals surface area contributed by atoms with E-state index in [0.717, 1.165) is 47.6 Å². The van der Waals surface area contributed by atoms with Gasteiger partial charge in [-0.05, 0) is 48.0 Å². The van der Waals surface area contributed by atoms with E-state index in [9.17, 15) is 0 Å². The molecule has 1 saturated heterocycles. The summed E-state index contributed by atoms with van der Waals surface area (Å²) in [5, 5.41) is 3.41. The summed E-state index contributed by atoms with van der Waals surface area (Å²) in [7, 11) is 5.33. The standard InChI is InChI=1S/C15H22BrNO3/c1-17-14(10-5-4-8-20-9-10)11-6-7-12(18-2)13(16)15(11)19-3/h6-7,10,14,17H,4-5,8-9H2,1-3H3. The number of benzene rings is 1. The van der Waals surface area contributed by atoms with Crippen molar-refractivity contribution in [3.8, 4) is 11.5 Å². The van der Waals surface area contributed by atoms with Crippen molar-refractivity contribution < 1.29 is 14.2 Å². The highest BCUT2D eigenvalue weighted by atomic mass is 79.9. The van der Waals surface area contributed by atoms with Crippen molar-refractivity contribution in [2.75, 3.05) is 34.5 Å². The smallest absolute Gasteiger partial charge is 0.141 e. The third-order valence-electron chi connectivity index (χ3n) is 3.83. The van der Waals surface area contributed by atoms with Gasteiger partial charge in [0.05, 0.1) is 20.8 Å². The third kappa shape index (κ3) is 3.10. The highest BCUT2D eigenvalue weighted by Gasteiger charge is 2.28. The molecule has 20 heavy (non-hydrogen) atoms. The molecular weight excluding hydrogens is 322 g/mol.